The molecule has 1 aliphatic heterocycles. The molecule has 128 valence electrons. The first-order valence-electron chi connectivity index (χ1n) is 7.45. The van der Waals surface area contributed by atoms with Crippen LogP contribution in [0.2, 0.25) is 0 Å². The van der Waals surface area contributed by atoms with Crippen LogP contribution in [-0.4, -0.2) is 32.8 Å². The lowest BCUT2D eigenvalue weighted by molar-refractivity contribution is 0.0653. The number of hydrogen-bond donors (Lipinski definition) is 3. The first kappa shape index (κ1) is 15.7. The van der Waals surface area contributed by atoms with E-state index in [1.165, 1.54) is 36.4 Å². The maximum absolute atomic E-state index is 12.7. The number of benzene rings is 2. The molecular weight excluding hydrogens is 340 g/mol. The van der Waals surface area contributed by atoms with Gasteiger partial charge in [0.1, 0.15) is 0 Å². The number of aromatic nitrogens is 2. The van der Waals surface area contributed by atoms with Gasteiger partial charge in [-0.1, -0.05) is 12.1 Å². The standard InChI is InChI=1S/C17H10N4O5/c18-21-16(25)10-4-2-8(6-12(10)17(21)26)13(22)7-1-3-9-11(5-7)15(24)20-19-14(9)23/h1-6H,18H2,(H,19,23)(H,20,24). The molecule has 0 saturated carbocycles. The predicted molar refractivity (Wildman–Crippen MR) is 89.8 cm³/mol. The number of fused-ring (bicyclic) bond motifs is 2. The van der Waals surface area contributed by atoms with Gasteiger partial charge in [0, 0.05) is 11.1 Å². The van der Waals surface area contributed by atoms with Crippen LogP contribution < -0.4 is 17.0 Å². The molecule has 2 amide bonds. The van der Waals surface area contributed by atoms with Gasteiger partial charge in [0.25, 0.3) is 22.9 Å². The molecule has 9 nitrogen and oxygen atoms in total. The molecule has 0 saturated heterocycles. The molecule has 1 aromatic heterocycles. The van der Waals surface area contributed by atoms with Crippen LogP contribution >= 0.6 is 0 Å². The lowest BCUT2D eigenvalue weighted by Gasteiger charge is -2.04. The highest BCUT2D eigenvalue weighted by Crippen LogP contribution is 2.23. The highest BCUT2D eigenvalue weighted by molar-refractivity contribution is 6.22. The minimum absolute atomic E-state index is 0.0402. The highest BCUT2D eigenvalue weighted by atomic mass is 16.2. The van der Waals surface area contributed by atoms with E-state index in [1.807, 2.05) is 0 Å². The lowest BCUT2D eigenvalue weighted by atomic mass is 9.98. The third-order valence-electron chi connectivity index (χ3n) is 4.24. The van der Waals surface area contributed by atoms with E-state index in [2.05, 4.69) is 10.2 Å². The fourth-order valence-corrected chi connectivity index (χ4v) is 2.89. The van der Waals surface area contributed by atoms with Crippen molar-refractivity contribution in [3.05, 3.63) is 79.4 Å². The normalized spacial score (nSPS) is 13.3. The predicted octanol–water partition coefficient (Wildman–Crippen LogP) is -0.0829. The van der Waals surface area contributed by atoms with Crippen molar-refractivity contribution in [2.24, 2.45) is 5.84 Å². The number of imide groups is 1. The highest BCUT2D eigenvalue weighted by Gasteiger charge is 2.34. The number of ketones is 1. The van der Waals surface area contributed by atoms with Gasteiger partial charge >= 0.3 is 0 Å². The van der Waals surface area contributed by atoms with Crippen molar-refractivity contribution in [2.45, 2.75) is 0 Å². The summed E-state index contributed by atoms with van der Waals surface area (Å²) >= 11 is 0. The average Bonchev–Trinajstić information content (AvgIpc) is 2.88. The van der Waals surface area contributed by atoms with E-state index in [0.29, 0.717) is 5.01 Å². The van der Waals surface area contributed by atoms with Gasteiger partial charge in [0.2, 0.25) is 0 Å². The minimum atomic E-state index is -0.693. The number of amides is 2. The molecule has 0 bridgehead atoms. The molecule has 0 fully saturated rings. The molecule has 2 aromatic carbocycles. The number of H-pyrrole nitrogens is 2. The molecule has 4 rings (SSSR count). The average molecular weight is 350 g/mol. The monoisotopic (exact) mass is 350 g/mol. The summed E-state index contributed by atoms with van der Waals surface area (Å²) in [6.07, 6.45) is 0. The maximum Gasteiger partial charge on any atom is 0.275 e. The third kappa shape index (κ3) is 2.11. The molecule has 0 unspecified atom stereocenters. The molecule has 0 aliphatic carbocycles. The molecule has 4 N–H and O–H groups in total. The molecule has 3 aromatic rings. The quantitative estimate of drug-likeness (QED) is 0.255. The second-order valence-electron chi connectivity index (χ2n) is 5.74. The van der Waals surface area contributed by atoms with Crippen molar-refractivity contribution < 1.29 is 14.4 Å². The Kier molecular flexibility index (Phi) is 3.21. The summed E-state index contributed by atoms with van der Waals surface area (Å²) < 4.78 is 0. The van der Waals surface area contributed by atoms with Crippen LogP contribution in [0.1, 0.15) is 36.6 Å². The molecule has 1 aliphatic rings. The minimum Gasteiger partial charge on any atom is -0.289 e. The zero-order valence-corrected chi connectivity index (χ0v) is 13.0. The van der Waals surface area contributed by atoms with Crippen molar-refractivity contribution in [2.75, 3.05) is 0 Å². The van der Waals surface area contributed by atoms with Gasteiger partial charge in [0.15, 0.2) is 5.78 Å². The first-order chi connectivity index (χ1) is 12.4. The Bertz CT molecular complexity index is 1250. The van der Waals surface area contributed by atoms with E-state index in [4.69, 9.17) is 5.84 Å². The topological polar surface area (TPSA) is 146 Å². The lowest BCUT2D eigenvalue weighted by Crippen LogP contribution is -2.36. The van der Waals surface area contributed by atoms with Gasteiger partial charge < -0.3 is 0 Å². The number of rotatable bonds is 2. The van der Waals surface area contributed by atoms with Gasteiger partial charge in [-0.15, -0.1) is 0 Å². The van der Waals surface area contributed by atoms with Crippen molar-refractivity contribution in [3.63, 3.8) is 0 Å². The number of nitrogens with zero attached hydrogens (tertiary/aromatic N) is 1. The summed E-state index contributed by atoms with van der Waals surface area (Å²) in [6.45, 7) is 0. The molecule has 2 heterocycles. The Morgan fingerprint density at radius 1 is 0.769 bits per heavy atom. The summed E-state index contributed by atoms with van der Waals surface area (Å²) in [6, 6.07) is 8.14. The summed E-state index contributed by atoms with van der Waals surface area (Å²) in [4.78, 5) is 60.1. The van der Waals surface area contributed by atoms with Crippen LogP contribution in [-0.2, 0) is 0 Å². The molecule has 0 atom stereocenters. The number of carbonyl (C=O) groups is 3. The van der Waals surface area contributed by atoms with Crippen LogP contribution in [0.4, 0.5) is 0 Å². The Morgan fingerprint density at radius 2 is 1.35 bits per heavy atom. The number of hydrazine groups is 1. The van der Waals surface area contributed by atoms with Crippen LogP contribution in [0.15, 0.2) is 46.0 Å². The van der Waals surface area contributed by atoms with Gasteiger partial charge in [-0.3, -0.25) is 34.2 Å². The smallest absolute Gasteiger partial charge is 0.275 e. The Labute approximate surface area is 144 Å². The second-order valence-corrected chi connectivity index (χ2v) is 5.74. The van der Waals surface area contributed by atoms with Crippen molar-refractivity contribution in [1.29, 1.82) is 0 Å². The van der Waals surface area contributed by atoms with Gasteiger partial charge in [-0.25, -0.2) is 10.9 Å². The number of nitrogens with one attached hydrogen (secondary N) is 2. The SMILES string of the molecule is NN1C(=O)c2ccc(C(=O)c3ccc4c(=O)[nH][nH]c(=O)c4c3)cc2C1=O. The molecular formula is C17H10N4O5. The molecule has 26 heavy (non-hydrogen) atoms. The molecule has 9 heteroatoms. The number of carbonyl (C=O) groups excluding carboxylic acids is 3. The van der Waals surface area contributed by atoms with Gasteiger partial charge in [0.05, 0.1) is 21.9 Å². The van der Waals surface area contributed by atoms with E-state index in [9.17, 15) is 24.0 Å². The summed E-state index contributed by atoms with van der Waals surface area (Å²) in [5.74, 6) is 3.58. The van der Waals surface area contributed by atoms with Gasteiger partial charge in [-0.05, 0) is 24.3 Å². The Balaban J connectivity index is 1.83. The van der Waals surface area contributed by atoms with E-state index < -0.39 is 28.7 Å². The fourth-order valence-electron chi connectivity index (χ4n) is 2.89. The number of aromatic amines is 2. The Morgan fingerprint density at radius 3 is 2.08 bits per heavy atom. The van der Waals surface area contributed by atoms with E-state index in [1.54, 1.807) is 0 Å². The largest absolute Gasteiger partial charge is 0.289 e. The number of hydrogen-bond acceptors (Lipinski definition) is 6. The van der Waals surface area contributed by atoms with Gasteiger partial charge in [-0.2, -0.15) is 0 Å². The summed E-state index contributed by atoms with van der Waals surface area (Å²) in [5.41, 5.74) is -0.546. The zero-order chi connectivity index (χ0) is 18.6. The van der Waals surface area contributed by atoms with Crippen LogP contribution in [0, 0.1) is 0 Å². The van der Waals surface area contributed by atoms with E-state index in [0.717, 1.165) is 0 Å². The van der Waals surface area contributed by atoms with E-state index >= 15 is 0 Å². The molecule has 0 radical (unpaired) electrons. The molecule has 0 spiro atoms. The Hall–Kier alpha value is -3.85. The van der Waals surface area contributed by atoms with Crippen LogP contribution in [0.3, 0.4) is 0 Å². The third-order valence-corrected chi connectivity index (χ3v) is 4.24. The number of nitrogens with two attached hydrogens (primary N) is 1. The van der Waals surface area contributed by atoms with E-state index in [-0.39, 0.29) is 33.0 Å². The summed E-state index contributed by atoms with van der Waals surface area (Å²) in [7, 11) is 0. The second kappa shape index (κ2) is 5.33. The van der Waals surface area contributed by atoms with Crippen LogP contribution in [0.5, 0.6) is 0 Å². The first-order valence-corrected chi connectivity index (χ1v) is 7.45. The van der Waals surface area contributed by atoms with Crippen molar-refractivity contribution >= 4 is 28.4 Å². The maximum atomic E-state index is 12.7. The van der Waals surface area contributed by atoms with Crippen LogP contribution in [0.25, 0.3) is 10.8 Å². The summed E-state index contributed by atoms with van der Waals surface area (Å²) in [5, 5.41) is 5.10. The van der Waals surface area contributed by atoms with Crippen molar-refractivity contribution in [1.82, 2.24) is 15.2 Å². The van der Waals surface area contributed by atoms with Crippen molar-refractivity contribution in [3.8, 4) is 0 Å². The zero-order valence-electron chi connectivity index (χ0n) is 13.0. The fraction of sp³-hybridized carbons (Fsp3) is 0.